The van der Waals surface area contributed by atoms with E-state index >= 15 is 0 Å². The van der Waals surface area contributed by atoms with Crippen molar-refractivity contribution in [3.63, 3.8) is 0 Å². The summed E-state index contributed by atoms with van der Waals surface area (Å²) < 4.78 is 22.5. The number of carbonyl (C=O) groups excluding carboxylic acids is 2. The number of aryl methyl sites for hydroxylation is 2. The van der Waals surface area contributed by atoms with Crippen LogP contribution in [0.2, 0.25) is 0 Å². The van der Waals surface area contributed by atoms with Gasteiger partial charge in [0.05, 0.1) is 11.3 Å². The summed E-state index contributed by atoms with van der Waals surface area (Å²) in [4.78, 5) is 25.2. The van der Waals surface area contributed by atoms with E-state index in [9.17, 15) is 14.0 Å². The number of aromatic nitrogens is 5. The van der Waals surface area contributed by atoms with Gasteiger partial charge in [0.25, 0.3) is 0 Å². The number of nitrogens with zero attached hydrogens (tertiary/aromatic N) is 5. The highest BCUT2D eigenvalue weighted by Gasteiger charge is 2.19. The van der Waals surface area contributed by atoms with Crippen molar-refractivity contribution in [2.75, 3.05) is 6.61 Å². The van der Waals surface area contributed by atoms with E-state index in [2.05, 4.69) is 15.5 Å². The first-order chi connectivity index (χ1) is 15.3. The van der Waals surface area contributed by atoms with E-state index in [1.54, 1.807) is 60.9 Å². The highest BCUT2D eigenvalue weighted by atomic mass is 19.1. The van der Waals surface area contributed by atoms with E-state index < -0.39 is 12.6 Å². The Labute approximate surface area is 183 Å². The first-order valence-corrected chi connectivity index (χ1v) is 9.84. The van der Waals surface area contributed by atoms with Crippen LogP contribution >= 0.6 is 0 Å². The molecule has 0 fully saturated rings. The average molecular weight is 433 g/mol. The molecule has 0 aliphatic rings. The SMILES string of the molecule is Cc1ccc(-n2c(C)cc(C(=O)COC(=O)c3cccc(-n4cnnn4)c3)c2C)cc1F. The van der Waals surface area contributed by atoms with Gasteiger partial charge in [-0.25, -0.2) is 13.9 Å². The van der Waals surface area contributed by atoms with Gasteiger partial charge in [0, 0.05) is 22.6 Å². The number of ether oxygens (including phenoxy) is 1. The van der Waals surface area contributed by atoms with Crippen LogP contribution in [0.4, 0.5) is 4.39 Å². The van der Waals surface area contributed by atoms with Crippen LogP contribution in [0.15, 0.2) is 54.9 Å². The first kappa shape index (κ1) is 21.1. The number of esters is 1. The highest BCUT2D eigenvalue weighted by Crippen LogP contribution is 2.23. The maximum absolute atomic E-state index is 14.0. The summed E-state index contributed by atoms with van der Waals surface area (Å²) in [6.07, 6.45) is 1.41. The summed E-state index contributed by atoms with van der Waals surface area (Å²) in [6, 6.07) is 13.2. The normalized spacial score (nSPS) is 10.9. The fourth-order valence-electron chi connectivity index (χ4n) is 3.51. The summed E-state index contributed by atoms with van der Waals surface area (Å²) in [6.45, 7) is 4.88. The number of rotatable bonds is 6. The van der Waals surface area contributed by atoms with Crippen molar-refractivity contribution in [3.8, 4) is 11.4 Å². The molecule has 2 aromatic carbocycles. The van der Waals surface area contributed by atoms with E-state index in [0.717, 1.165) is 5.69 Å². The van der Waals surface area contributed by atoms with Crippen LogP contribution < -0.4 is 0 Å². The Hall–Kier alpha value is -4.14. The summed E-state index contributed by atoms with van der Waals surface area (Å²) in [7, 11) is 0. The molecule has 32 heavy (non-hydrogen) atoms. The first-order valence-electron chi connectivity index (χ1n) is 9.84. The van der Waals surface area contributed by atoms with Crippen molar-refractivity contribution in [1.29, 1.82) is 0 Å². The second kappa shape index (κ2) is 8.54. The van der Waals surface area contributed by atoms with Crippen molar-refractivity contribution >= 4 is 11.8 Å². The van der Waals surface area contributed by atoms with Gasteiger partial charge in [-0.1, -0.05) is 12.1 Å². The Bertz CT molecular complexity index is 1310. The van der Waals surface area contributed by atoms with Crippen molar-refractivity contribution in [1.82, 2.24) is 24.8 Å². The molecular formula is C23H20FN5O3. The smallest absolute Gasteiger partial charge is 0.338 e. The molecule has 8 nitrogen and oxygen atoms in total. The lowest BCUT2D eigenvalue weighted by Crippen LogP contribution is -2.15. The second-order valence-corrected chi connectivity index (χ2v) is 7.36. The minimum Gasteiger partial charge on any atom is -0.454 e. The average Bonchev–Trinajstić information content (AvgIpc) is 3.42. The summed E-state index contributed by atoms with van der Waals surface area (Å²) >= 11 is 0. The molecule has 9 heteroatoms. The number of halogens is 1. The summed E-state index contributed by atoms with van der Waals surface area (Å²) in [5, 5.41) is 10.9. The zero-order valence-electron chi connectivity index (χ0n) is 17.7. The third-order valence-corrected chi connectivity index (χ3v) is 5.17. The Morgan fingerprint density at radius 3 is 2.56 bits per heavy atom. The van der Waals surface area contributed by atoms with Gasteiger partial charge < -0.3 is 9.30 Å². The molecule has 162 valence electrons. The van der Waals surface area contributed by atoms with Crippen LogP contribution in [0.1, 0.15) is 37.7 Å². The van der Waals surface area contributed by atoms with Crippen LogP contribution in [0, 0.1) is 26.6 Å². The van der Waals surface area contributed by atoms with Gasteiger partial charge >= 0.3 is 5.97 Å². The number of tetrazole rings is 1. The van der Waals surface area contributed by atoms with Gasteiger partial charge in [-0.15, -0.1) is 5.10 Å². The standard InChI is InChI=1S/C23H20FN5O3/c1-14-7-8-19(11-21(14)24)29-15(2)9-20(16(29)3)22(30)12-32-23(31)17-5-4-6-18(10-17)28-13-25-26-27-28/h4-11,13H,12H2,1-3H3. The van der Waals surface area contributed by atoms with Crippen molar-refractivity contribution in [2.24, 2.45) is 0 Å². The number of hydrogen-bond donors (Lipinski definition) is 0. The number of benzene rings is 2. The largest absolute Gasteiger partial charge is 0.454 e. The Kier molecular flexibility index (Phi) is 5.63. The topological polar surface area (TPSA) is 91.9 Å². The van der Waals surface area contributed by atoms with E-state index in [1.165, 1.54) is 17.1 Å². The lowest BCUT2D eigenvalue weighted by molar-refractivity contribution is 0.0474. The van der Waals surface area contributed by atoms with Crippen molar-refractivity contribution < 1.29 is 18.7 Å². The predicted molar refractivity (Wildman–Crippen MR) is 114 cm³/mol. The van der Waals surface area contributed by atoms with Crippen LogP contribution in [0.5, 0.6) is 0 Å². The molecule has 2 aromatic heterocycles. The molecule has 0 aliphatic carbocycles. The zero-order chi connectivity index (χ0) is 22.8. The van der Waals surface area contributed by atoms with Gasteiger partial charge in [0.1, 0.15) is 12.1 Å². The Morgan fingerprint density at radius 1 is 1.03 bits per heavy atom. The van der Waals surface area contributed by atoms with Gasteiger partial charge in [0.15, 0.2) is 6.61 Å². The fraction of sp³-hybridized carbons (Fsp3) is 0.174. The maximum atomic E-state index is 14.0. The molecule has 0 saturated heterocycles. The molecule has 0 N–H and O–H groups in total. The minimum absolute atomic E-state index is 0.270. The molecule has 0 radical (unpaired) electrons. The van der Waals surface area contributed by atoms with Gasteiger partial charge in [0.2, 0.25) is 5.78 Å². The molecule has 0 saturated carbocycles. The summed E-state index contributed by atoms with van der Waals surface area (Å²) in [5.74, 6) is -1.30. The number of Topliss-reactive ketones (excluding diaryl/α,β-unsaturated/α-hetero) is 1. The zero-order valence-corrected chi connectivity index (χ0v) is 17.7. The quantitative estimate of drug-likeness (QED) is 0.341. The number of carbonyl (C=O) groups is 2. The second-order valence-electron chi connectivity index (χ2n) is 7.36. The molecule has 0 bridgehead atoms. The maximum Gasteiger partial charge on any atom is 0.338 e. The fourth-order valence-corrected chi connectivity index (χ4v) is 3.51. The van der Waals surface area contributed by atoms with E-state index in [1.807, 2.05) is 6.92 Å². The lowest BCUT2D eigenvalue weighted by Gasteiger charge is -2.11. The van der Waals surface area contributed by atoms with Crippen LogP contribution in [0.3, 0.4) is 0 Å². The van der Waals surface area contributed by atoms with E-state index in [-0.39, 0.29) is 17.2 Å². The van der Waals surface area contributed by atoms with Crippen molar-refractivity contribution in [3.05, 3.63) is 88.8 Å². The third kappa shape index (κ3) is 4.04. The highest BCUT2D eigenvalue weighted by molar-refractivity contribution is 6.00. The number of ketones is 1. The monoisotopic (exact) mass is 433 g/mol. The van der Waals surface area contributed by atoms with Crippen molar-refractivity contribution in [2.45, 2.75) is 20.8 Å². The van der Waals surface area contributed by atoms with E-state index in [0.29, 0.717) is 28.2 Å². The lowest BCUT2D eigenvalue weighted by atomic mass is 10.1. The molecule has 0 spiro atoms. The van der Waals surface area contributed by atoms with Gasteiger partial charge in [-0.2, -0.15) is 0 Å². The van der Waals surface area contributed by atoms with Crippen LogP contribution in [-0.4, -0.2) is 43.1 Å². The molecule has 4 rings (SSSR count). The molecule has 2 heterocycles. The van der Waals surface area contributed by atoms with Crippen LogP contribution in [0.25, 0.3) is 11.4 Å². The van der Waals surface area contributed by atoms with Gasteiger partial charge in [-0.05, 0) is 73.2 Å². The van der Waals surface area contributed by atoms with E-state index in [4.69, 9.17) is 4.74 Å². The molecular weight excluding hydrogens is 413 g/mol. The molecule has 4 aromatic rings. The van der Waals surface area contributed by atoms with Crippen LogP contribution in [-0.2, 0) is 4.74 Å². The Balaban J connectivity index is 1.50. The molecule has 0 aliphatic heterocycles. The third-order valence-electron chi connectivity index (χ3n) is 5.17. The molecule has 0 amide bonds. The number of hydrogen-bond acceptors (Lipinski definition) is 6. The minimum atomic E-state index is -0.636. The van der Waals surface area contributed by atoms with Gasteiger partial charge in [-0.3, -0.25) is 4.79 Å². The predicted octanol–water partition coefficient (Wildman–Crippen LogP) is 3.56. The molecule has 0 atom stereocenters. The Morgan fingerprint density at radius 2 is 1.84 bits per heavy atom. The summed E-state index contributed by atoms with van der Waals surface area (Å²) in [5.41, 5.74) is 3.86. The molecule has 0 unspecified atom stereocenters.